The van der Waals surface area contributed by atoms with Gasteiger partial charge in [0.2, 0.25) is 10.0 Å². The Morgan fingerprint density at radius 2 is 1.67 bits per heavy atom. The van der Waals surface area contributed by atoms with E-state index in [4.69, 9.17) is 19.9 Å². The zero-order chi connectivity index (χ0) is 43.5. The number of hydrogen-bond acceptors (Lipinski definition) is 12. The summed E-state index contributed by atoms with van der Waals surface area (Å²) in [5, 5.41) is 6.65. The molecule has 60 heavy (non-hydrogen) atoms. The normalized spacial score (nSPS) is 13.7. The van der Waals surface area contributed by atoms with Gasteiger partial charge in [-0.2, -0.15) is 0 Å². The van der Waals surface area contributed by atoms with E-state index in [-0.39, 0.29) is 28.4 Å². The second-order valence-corrected chi connectivity index (χ2v) is 17.6. The van der Waals surface area contributed by atoms with Gasteiger partial charge in [-0.15, -0.1) is 0 Å². The molecule has 1 fully saturated rings. The molecule has 5 N–H and O–H groups in total. The van der Waals surface area contributed by atoms with E-state index >= 15 is 0 Å². The lowest BCUT2D eigenvalue weighted by atomic mass is 9.86. The number of pyridine rings is 1. The molecule has 1 saturated heterocycles. The standard InChI is InChI=1S/C42H45N7O9S2/c1-24(48-18-19-59-40(52)39(48)51)45-38(50)30-13-12-26(22-35(30)56-5)46-36-23-27(16-17-44-36)58-34-15-14-32(28-10-8-9-11-29(28)34)49(41(43)53)33-21-25(42(2,3)4)20-31(37(33)57-6)47-60(7,54)55/h8-17,20-24,47H,18-19H2,1-7H3,(H2,43,53)(H,44,46)(H,45,50). The number of carbonyl (C=O) groups excluding carboxylic acids is 4. The first kappa shape index (κ1) is 43.1. The maximum absolute atomic E-state index is 13.4. The SMILES string of the molecule is COc1cc(Nc2cc(Oc3ccc(N(C(N)=O)c4cc(C(C)(C)C)cc(NS(C)(=O)=O)c4OC)c4ccccc34)ccn2)ccc1C(=O)NC(C)N1CCSC(=O)C1=O. The molecule has 1 aliphatic heterocycles. The molecule has 18 heteroatoms. The number of ether oxygens (including phenoxy) is 3. The monoisotopic (exact) mass is 855 g/mol. The number of urea groups is 1. The van der Waals surface area contributed by atoms with Crippen molar-refractivity contribution in [2.24, 2.45) is 5.73 Å². The second-order valence-electron chi connectivity index (χ2n) is 14.8. The van der Waals surface area contributed by atoms with Crippen LogP contribution in [0.15, 0.2) is 85.1 Å². The molecular formula is C42H45N7O9S2. The van der Waals surface area contributed by atoms with E-state index in [0.717, 1.165) is 23.6 Å². The lowest BCUT2D eigenvalue weighted by Gasteiger charge is -2.31. The summed E-state index contributed by atoms with van der Waals surface area (Å²) in [6, 6.07) is 21.5. The van der Waals surface area contributed by atoms with E-state index in [1.54, 1.807) is 67.7 Å². The molecule has 1 unspecified atom stereocenters. The number of thioether (sulfide) groups is 1. The fourth-order valence-electron chi connectivity index (χ4n) is 6.62. The number of nitrogens with zero attached hydrogens (tertiary/aromatic N) is 3. The van der Waals surface area contributed by atoms with Crippen molar-refractivity contribution in [3.63, 3.8) is 0 Å². The van der Waals surface area contributed by atoms with Gasteiger partial charge in [-0.05, 0) is 60.4 Å². The van der Waals surface area contributed by atoms with Gasteiger partial charge in [-0.25, -0.2) is 18.2 Å². The minimum Gasteiger partial charge on any atom is -0.496 e. The number of sulfonamides is 1. The van der Waals surface area contributed by atoms with Gasteiger partial charge < -0.3 is 35.5 Å². The number of aromatic nitrogens is 1. The van der Waals surface area contributed by atoms with Gasteiger partial charge >= 0.3 is 11.9 Å². The molecule has 0 aliphatic carbocycles. The molecule has 4 amide bonds. The largest absolute Gasteiger partial charge is 0.496 e. The number of rotatable bonds is 13. The first-order valence-corrected chi connectivity index (χ1v) is 21.5. The molecular weight excluding hydrogens is 811 g/mol. The van der Waals surface area contributed by atoms with E-state index in [9.17, 15) is 27.6 Å². The maximum Gasteiger partial charge on any atom is 0.324 e. The maximum atomic E-state index is 13.4. The van der Waals surface area contributed by atoms with Crippen molar-refractivity contribution in [2.75, 3.05) is 47.7 Å². The van der Waals surface area contributed by atoms with Crippen molar-refractivity contribution >= 4 is 84.1 Å². The third-order valence-electron chi connectivity index (χ3n) is 9.48. The summed E-state index contributed by atoms with van der Waals surface area (Å²) in [4.78, 5) is 57.9. The van der Waals surface area contributed by atoms with Crippen LogP contribution in [0.4, 0.5) is 33.4 Å². The number of hydrogen-bond donors (Lipinski definition) is 4. The Morgan fingerprint density at radius 1 is 0.933 bits per heavy atom. The summed E-state index contributed by atoms with van der Waals surface area (Å²) >= 11 is 0.960. The van der Waals surface area contributed by atoms with Crippen LogP contribution in [-0.4, -0.2) is 80.2 Å². The minimum atomic E-state index is -3.74. The molecule has 0 saturated carbocycles. The third kappa shape index (κ3) is 9.50. The Balaban J connectivity index is 1.28. The fraction of sp³-hybridized carbons (Fsp3) is 0.262. The Kier molecular flexibility index (Phi) is 12.5. The predicted molar refractivity (Wildman–Crippen MR) is 233 cm³/mol. The molecule has 0 radical (unpaired) electrons. The number of benzene rings is 4. The molecule has 16 nitrogen and oxygen atoms in total. The topological polar surface area (TPSA) is 212 Å². The highest BCUT2D eigenvalue weighted by Gasteiger charge is 2.32. The van der Waals surface area contributed by atoms with Crippen molar-refractivity contribution in [2.45, 2.75) is 39.3 Å². The van der Waals surface area contributed by atoms with Crippen LogP contribution in [0.1, 0.15) is 43.6 Å². The molecule has 1 aromatic heterocycles. The number of fused-ring (bicyclic) bond motifs is 1. The summed E-state index contributed by atoms with van der Waals surface area (Å²) in [6.45, 7) is 7.85. The Hall–Kier alpha value is -6.53. The Labute approximate surface area is 351 Å². The molecule has 5 aromatic rings. The summed E-state index contributed by atoms with van der Waals surface area (Å²) < 4.78 is 45.0. The molecule has 6 rings (SSSR count). The van der Waals surface area contributed by atoms with Crippen LogP contribution in [0.25, 0.3) is 10.8 Å². The molecule has 2 heterocycles. The van der Waals surface area contributed by atoms with E-state index < -0.39 is 44.6 Å². The van der Waals surface area contributed by atoms with Gasteiger partial charge in [0.05, 0.1) is 43.1 Å². The number of amides is 4. The Bertz CT molecular complexity index is 2620. The highest BCUT2D eigenvalue weighted by Crippen LogP contribution is 2.46. The van der Waals surface area contributed by atoms with Gasteiger partial charge in [-0.1, -0.05) is 56.8 Å². The summed E-state index contributed by atoms with van der Waals surface area (Å²) in [7, 11) is -0.923. The first-order valence-electron chi connectivity index (χ1n) is 18.6. The number of anilines is 5. The highest BCUT2D eigenvalue weighted by atomic mass is 32.2. The van der Waals surface area contributed by atoms with E-state index in [1.807, 2.05) is 45.0 Å². The van der Waals surface area contributed by atoms with Crippen LogP contribution in [0.5, 0.6) is 23.0 Å². The summed E-state index contributed by atoms with van der Waals surface area (Å²) in [6.07, 6.45) is 1.88. The van der Waals surface area contributed by atoms with Gasteiger partial charge in [0.15, 0.2) is 5.75 Å². The van der Waals surface area contributed by atoms with Crippen LogP contribution >= 0.6 is 11.8 Å². The zero-order valence-electron chi connectivity index (χ0n) is 34.0. The lowest BCUT2D eigenvalue weighted by molar-refractivity contribution is -0.142. The molecule has 4 aromatic carbocycles. The zero-order valence-corrected chi connectivity index (χ0v) is 35.6. The van der Waals surface area contributed by atoms with Crippen molar-refractivity contribution in [1.29, 1.82) is 0 Å². The van der Waals surface area contributed by atoms with Crippen LogP contribution < -0.4 is 40.2 Å². The quantitative estimate of drug-likeness (QED) is 0.0896. The van der Waals surface area contributed by atoms with Gasteiger partial charge in [0, 0.05) is 47.1 Å². The van der Waals surface area contributed by atoms with E-state index in [0.29, 0.717) is 51.8 Å². The molecule has 0 spiro atoms. The van der Waals surface area contributed by atoms with Gasteiger partial charge in [0.1, 0.15) is 29.2 Å². The average molecular weight is 856 g/mol. The number of carbonyl (C=O) groups is 4. The van der Waals surface area contributed by atoms with Crippen LogP contribution in [0, 0.1) is 0 Å². The number of nitrogens with two attached hydrogens (primary N) is 1. The van der Waals surface area contributed by atoms with Crippen molar-refractivity contribution in [1.82, 2.24) is 15.2 Å². The number of nitrogens with one attached hydrogen (secondary N) is 3. The third-order valence-corrected chi connectivity index (χ3v) is 10.9. The van der Waals surface area contributed by atoms with Crippen molar-refractivity contribution in [3.8, 4) is 23.0 Å². The second kappa shape index (κ2) is 17.4. The van der Waals surface area contributed by atoms with Crippen molar-refractivity contribution in [3.05, 3.63) is 96.2 Å². The molecule has 0 bridgehead atoms. The lowest BCUT2D eigenvalue weighted by Crippen LogP contribution is -2.53. The summed E-state index contributed by atoms with van der Waals surface area (Å²) in [5.74, 6) is 0.967. The van der Waals surface area contributed by atoms with E-state index in [1.165, 1.54) is 24.0 Å². The first-order chi connectivity index (χ1) is 28.4. The minimum absolute atomic E-state index is 0.0992. The highest BCUT2D eigenvalue weighted by molar-refractivity contribution is 8.15. The predicted octanol–water partition coefficient (Wildman–Crippen LogP) is 6.85. The van der Waals surface area contributed by atoms with Gasteiger partial charge in [-0.3, -0.25) is 24.0 Å². The number of primary amides is 1. The fourth-order valence-corrected chi connectivity index (χ4v) is 7.88. The van der Waals surface area contributed by atoms with Crippen LogP contribution in [-0.2, 0) is 25.0 Å². The van der Waals surface area contributed by atoms with E-state index in [2.05, 4.69) is 20.3 Å². The average Bonchev–Trinajstić information content (AvgIpc) is 3.18. The van der Waals surface area contributed by atoms with Crippen LogP contribution in [0.3, 0.4) is 0 Å². The Morgan fingerprint density at radius 3 is 2.33 bits per heavy atom. The molecule has 314 valence electrons. The van der Waals surface area contributed by atoms with Gasteiger partial charge in [0.25, 0.3) is 11.0 Å². The smallest absolute Gasteiger partial charge is 0.324 e. The number of methoxy groups -OCH3 is 2. The summed E-state index contributed by atoms with van der Waals surface area (Å²) in [5.41, 5.74) is 7.90. The molecule has 1 atom stereocenters. The van der Waals surface area contributed by atoms with Crippen molar-refractivity contribution < 1.29 is 41.8 Å². The molecule has 1 aliphatic rings. The van der Waals surface area contributed by atoms with Crippen LogP contribution in [0.2, 0.25) is 0 Å².